The Balaban J connectivity index is 1.96. The highest BCUT2D eigenvalue weighted by Crippen LogP contribution is 2.35. The van der Waals surface area contributed by atoms with Gasteiger partial charge in [-0.15, -0.1) is 11.8 Å². The van der Waals surface area contributed by atoms with E-state index in [4.69, 9.17) is 14.0 Å². The third-order valence-corrected chi connectivity index (χ3v) is 5.83. The van der Waals surface area contributed by atoms with E-state index in [2.05, 4.69) is 10.5 Å². The number of thioether (sulfide) groups is 1. The summed E-state index contributed by atoms with van der Waals surface area (Å²) in [6.07, 6.45) is 1.91. The zero-order valence-electron chi connectivity index (χ0n) is 16.1. The van der Waals surface area contributed by atoms with Gasteiger partial charge < -0.3 is 14.0 Å². The average Bonchev–Trinajstić information content (AvgIpc) is 3.03. The van der Waals surface area contributed by atoms with Crippen molar-refractivity contribution in [2.24, 2.45) is 0 Å². The fraction of sp³-hybridized carbons (Fsp3) is 0.722. The van der Waals surface area contributed by atoms with E-state index >= 15 is 0 Å². The third-order valence-electron chi connectivity index (χ3n) is 4.25. The number of hydrogen-bond acceptors (Lipinski definition) is 7. The van der Waals surface area contributed by atoms with Crippen molar-refractivity contribution in [1.29, 1.82) is 0 Å². The van der Waals surface area contributed by atoms with Gasteiger partial charge in [0, 0.05) is 36.9 Å². The van der Waals surface area contributed by atoms with Crippen LogP contribution in [-0.2, 0) is 24.5 Å². The number of carbonyl (C=O) groups excluding carboxylic acids is 2. The number of anilines is 1. The predicted molar refractivity (Wildman–Crippen MR) is 100 cm³/mol. The lowest BCUT2D eigenvalue weighted by atomic mass is 9.90. The maximum absolute atomic E-state index is 12.7. The van der Waals surface area contributed by atoms with Gasteiger partial charge in [0.25, 0.3) is 0 Å². The Morgan fingerprint density at radius 3 is 2.58 bits per heavy atom. The van der Waals surface area contributed by atoms with Gasteiger partial charge in [0.05, 0.1) is 10.4 Å². The first kappa shape index (κ1) is 20.8. The van der Waals surface area contributed by atoms with E-state index in [1.807, 2.05) is 27.7 Å². The first-order chi connectivity index (χ1) is 12.1. The van der Waals surface area contributed by atoms with Gasteiger partial charge in [0.15, 0.2) is 0 Å². The highest BCUT2D eigenvalue weighted by molar-refractivity contribution is 8.02. The van der Waals surface area contributed by atoms with E-state index in [0.717, 1.165) is 26.1 Å². The van der Waals surface area contributed by atoms with Crippen LogP contribution in [0, 0.1) is 0 Å². The number of carbonyl (C=O) groups is 2. The Morgan fingerprint density at radius 1 is 1.31 bits per heavy atom. The second kappa shape index (κ2) is 8.43. The van der Waals surface area contributed by atoms with Crippen molar-refractivity contribution in [3.63, 3.8) is 0 Å². The lowest BCUT2D eigenvalue weighted by Gasteiger charge is -2.30. The summed E-state index contributed by atoms with van der Waals surface area (Å²) in [5.74, 6) is -0.182. The van der Waals surface area contributed by atoms with Crippen LogP contribution in [0.5, 0.6) is 0 Å². The number of rotatable bonds is 7. The summed E-state index contributed by atoms with van der Waals surface area (Å²) in [4.78, 5) is 23.7. The average molecular weight is 384 g/mol. The van der Waals surface area contributed by atoms with E-state index in [1.165, 1.54) is 6.92 Å². The van der Waals surface area contributed by atoms with Crippen LogP contribution in [0.4, 0.5) is 5.88 Å². The van der Waals surface area contributed by atoms with Gasteiger partial charge in [0.1, 0.15) is 6.61 Å². The molecule has 1 amide bonds. The number of nitrogens with zero attached hydrogens (tertiary/aromatic N) is 1. The van der Waals surface area contributed by atoms with Gasteiger partial charge in [-0.05, 0) is 26.7 Å². The highest BCUT2D eigenvalue weighted by atomic mass is 32.2. The molecule has 0 aliphatic carbocycles. The largest absolute Gasteiger partial charge is 0.465 e. The van der Waals surface area contributed by atoms with Gasteiger partial charge in [-0.1, -0.05) is 19.0 Å². The molecule has 1 aromatic rings. The fourth-order valence-corrected chi connectivity index (χ4v) is 3.96. The monoisotopic (exact) mass is 384 g/mol. The van der Waals surface area contributed by atoms with Crippen LogP contribution in [0.15, 0.2) is 10.6 Å². The standard InChI is InChI=1S/C18H28N2O5S/c1-12(21)24-11-17(2,3)14-10-15(25-20-14)19-16(22)18(4,5)26-13-6-8-23-9-7-13/h10,13H,6-9,11H2,1-5H3,(H,19,22). The van der Waals surface area contributed by atoms with Crippen LogP contribution in [0.25, 0.3) is 0 Å². The molecular weight excluding hydrogens is 356 g/mol. The maximum Gasteiger partial charge on any atom is 0.302 e. The maximum atomic E-state index is 12.7. The summed E-state index contributed by atoms with van der Waals surface area (Å²) in [5.41, 5.74) is 0.105. The van der Waals surface area contributed by atoms with Crippen LogP contribution < -0.4 is 5.32 Å². The first-order valence-corrected chi connectivity index (χ1v) is 9.66. The van der Waals surface area contributed by atoms with E-state index in [9.17, 15) is 9.59 Å². The molecule has 1 saturated heterocycles. The van der Waals surface area contributed by atoms with Crippen molar-refractivity contribution < 1.29 is 23.6 Å². The van der Waals surface area contributed by atoms with Crippen molar-refractivity contribution >= 4 is 29.5 Å². The summed E-state index contributed by atoms with van der Waals surface area (Å²) in [6, 6.07) is 1.68. The van der Waals surface area contributed by atoms with E-state index in [1.54, 1.807) is 17.8 Å². The van der Waals surface area contributed by atoms with E-state index in [-0.39, 0.29) is 18.5 Å². The third kappa shape index (κ3) is 5.74. The van der Waals surface area contributed by atoms with Crippen molar-refractivity contribution in [2.75, 3.05) is 25.1 Å². The molecule has 0 unspecified atom stereocenters. The van der Waals surface area contributed by atoms with Crippen LogP contribution in [0.1, 0.15) is 53.2 Å². The summed E-state index contributed by atoms with van der Waals surface area (Å²) in [5, 5.41) is 7.23. The summed E-state index contributed by atoms with van der Waals surface area (Å²) >= 11 is 1.66. The Hall–Kier alpha value is -1.54. The zero-order chi connectivity index (χ0) is 19.4. The summed E-state index contributed by atoms with van der Waals surface area (Å²) in [6.45, 7) is 10.6. The lowest BCUT2D eigenvalue weighted by Crippen LogP contribution is -2.37. The fourth-order valence-electron chi connectivity index (χ4n) is 2.54. The van der Waals surface area contributed by atoms with Crippen molar-refractivity contribution in [1.82, 2.24) is 5.16 Å². The number of esters is 1. The van der Waals surface area contributed by atoms with Gasteiger partial charge in [-0.25, -0.2) is 0 Å². The second-order valence-electron chi connectivity index (χ2n) is 7.63. The molecule has 26 heavy (non-hydrogen) atoms. The van der Waals surface area contributed by atoms with Gasteiger partial charge in [0.2, 0.25) is 11.8 Å². The minimum absolute atomic E-state index is 0.130. The van der Waals surface area contributed by atoms with Crippen molar-refractivity contribution in [3.05, 3.63) is 11.8 Å². The molecule has 1 aliphatic heterocycles. The van der Waals surface area contributed by atoms with Gasteiger partial charge in [-0.3, -0.25) is 14.9 Å². The van der Waals surface area contributed by atoms with E-state index < -0.39 is 10.2 Å². The normalized spacial score (nSPS) is 16.3. The summed E-state index contributed by atoms with van der Waals surface area (Å²) < 4.78 is 15.1. The summed E-state index contributed by atoms with van der Waals surface area (Å²) in [7, 11) is 0. The highest BCUT2D eigenvalue weighted by Gasteiger charge is 2.34. The van der Waals surface area contributed by atoms with Crippen LogP contribution >= 0.6 is 11.8 Å². The smallest absolute Gasteiger partial charge is 0.302 e. The molecule has 0 radical (unpaired) electrons. The van der Waals surface area contributed by atoms with Crippen LogP contribution in [-0.4, -0.2) is 46.9 Å². The molecule has 0 saturated carbocycles. The Labute approximate surface area is 158 Å². The molecule has 0 spiro atoms. The van der Waals surface area contributed by atoms with Gasteiger partial charge >= 0.3 is 5.97 Å². The van der Waals surface area contributed by atoms with Crippen molar-refractivity contribution in [3.8, 4) is 0 Å². The number of amides is 1. The van der Waals surface area contributed by atoms with Gasteiger partial charge in [-0.2, -0.15) is 0 Å². The molecule has 1 aliphatic rings. The Morgan fingerprint density at radius 2 is 1.96 bits per heavy atom. The van der Waals surface area contributed by atoms with Crippen molar-refractivity contribution in [2.45, 2.75) is 62.9 Å². The molecule has 146 valence electrons. The predicted octanol–water partition coefficient (Wildman–Crippen LogP) is 3.14. The van der Waals surface area contributed by atoms with Crippen LogP contribution in [0.2, 0.25) is 0 Å². The molecule has 0 atom stereocenters. The zero-order valence-corrected chi connectivity index (χ0v) is 16.9. The quantitative estimate of drug-likeness (QED) is 0.722. The first-order valence-electron chi connectivity index (χ1n) is 8.78. The molecule has 7 nitrogen and oxygen atoms in total. The molecule has 0 aromatic carbocycles. The molecule has 0 bridgehead atoms. The Bertz CT molecular complexity index is 635. The molecule has 1 N–H and O–H groups in total. The topological polar surface area (TPSA) is 90.7 Å². The van der Waals surface area contributed by atoms with E-state index in [0.29, 0.717) is 16.8 Å². The lowest BCUT2D eigenvalue weighted by molar-refractivity contribution is -0.142. The number of aromatic nitrogens is 1. The Kier molecular flexibility index (Phi) is 6.74. The molecular formula is C18H28N2O5S. The molecule has 8 heteroatoms. The second-order valence-corrected chi connectivity index (χ2v) is 9.56. The minimum Gasteiger partial charge on any atom is -0.465 e. The molecule has 2 heterocycles. The number of ether oxygens (including phenoxy) is 2. The number of nitrogens with one attached hydrogen (secondary N) is 1. The molecule has 1 fully saturated rings. The van der Waals surface area contributed by atoms with Crippen LogP contribution in [0.3, 0.4) is 0 Å². The molecule has 2 rings (SSSR count). The SMILES string of the molecule is CC(=O)OCC(C)(C)c1cc(NC(=O)C(C)(C)SC2CCOCC2)on1. The molecule has 1 aromatic heterocycles. The number of hydrogen-bond donors (Lipinski definition) is 1. The minimum atomic E-state index is -0.595.